The highest BCUT2D eigenvalue weighted by Crippen LogP contribution is 2.33. The van der Waals surface area contributed by atoms with Crippen molar-refractivity contribution in [2.45, 2.75) is 13.0 Å². The van der Waals surface area contributed by atoms with E-state index in [0.29, 0.717) is 5.57 Å². The van der Waals surface area contributed by atoms with Gasteiger partial charge in [0.05, 0.1) is 11.6 Å². The van der Waals surface area contributed by atoms with Crippen LogP contribution < -0.4 is 5.32 Å². The molecule has 2 aromatic rings. The fraction of sp³-hybridized carbons (Fsp3) is 0.118. The van der Waals surface area contributed by atoms with Gasteiger partial charge in [0.1, 0.15) is 0 Å². The maximum absolute atomic E-state index is 11.3. The Bertz CT molecular complexity index is 686. The minimum Gasteiger partial charge on any atom is -0.478 e. The van der Waals surface area contributed by atoms with Crippen LogP contribution in [0.4, 0.5) is 0 Å². The maximum Gasteiger partial charge on any atom is 0.337 e. The third kappa shape index (κ3) is 2.07. The summed E-state index contributed by atoms with van der Waals surface area (Å²) in [5, 5.41) is 12.5. The van der Waals surface area contributed by atoms with Crippen molar-refractivity contribution < 1.29 is 9.90 Å². The van der Waals surface area contributed by atoms with Crippen molar-refractivity contribution in [2.75, 3.05) is 0 Å². The molecule has 0 spiro atoms. The molecule has 0 fully saturated rings. The molecule has 1 aliphatic rings. The molecule has 0 saturated heterocycles. The average Bonchev–Trinajstić information content (AvgIpc) is 2.47. The van der Waals surface area contributed by atoms with Crippen LogP contribution in [0, 0.1) is 6.92 Å². The van der Waals surface area contributed by atoms with Crippen LogP contribution in [0.25, 0.3) is 5.57 Å². The molecule has 3 rings (SSSR count). The van der Waals surface area contributed by atoms with Crippen molar-refractivity contribution in [3.05, 3.63) is 77.0 Å². The van der Waals surface area contributed by atoms with Gasteiger partial charge in [0, 0.05) is 6.20 Å². The zero-order chi connectivity index (χ0) is 14.1. The quantitative estimate of drug-likeness (QED) is 0.877. The van der Waals surface area contributed by atoms with Crippen LogP contribution >= 0.6 is 0 Å². The highest BCUT2D eigenvalue weighted by Gasteiger charge is 2.25. The molecule has 0 amide bonds. The molecular formula is C17H15NO2. The van der Waals surface area contributed by atoms with E-state index in [2.05, 4.69) is 36.5 Å². The summed E-state index contributed by atoms with van der Waals surface area (Å²) in [6.07, 6.45) is 1.59. The zero-order valence-electron chi connectivity index (χ0n) is 11.1. The summed E-state index contributed by atoms with van der Waals surface area (Å²) >= 11 is 0. The third-order valence-electron chi connectivity index (χ3n) is 3.60. The van der Waals surface area contributed by atoms with Gasteiger partial charge in [-0.2, -0.15) is 0 Å². The number of benzene rings is 2. The van der Waals surface area contributed by atoms with Gasteiger partial charge in [-0.05, 0) is 23.6 Å². The molecule has 0 bridgehead atoms. The monoisotopic (exact) mass is 265 g/mol. The van der Waals surface area contributed by atoms with E-state index in [4.69, 9.17) is 0 Å². The van der Waals surface area contributed by atoms with Crippen LogP contribution in [0.5, 0.6) is 0 Å². The number of hydrogen-bond donors (Lipinski definition) is 2. The van der Waals surface area contributed by atoms with Crippen molar-refractivity contribution in [1.29, 1.82) is 0 Å². The molecule has 0 radical (unpaired) electrons. The van der Waals surface area contributed by atoms with Gasteiger partial charge in [0.15, 0.2) is 0 Å². The van der Waals surface area contributed by atoms with Crippen LogP contribution in [-0.2, 0) is 4.79 Å². The summed E-state index contributed by atoms with van der Waals surface area (Å²) in [5.74, 6) is -0.910. The normalized spacial score (nSPS) is 16.9. The summed E-state index contributed by atoms with van der Waals surface area (Å²) in [7, 11) is 0. The maximum atomic E-state index is 11.3. The molecule has 2 N–H and O–H groups in total. The van der Waals surface area contributed by atoms with Gasteiger partial charge in [-0.15, -0.1) is 0 Å². The predicted octanol–water partition coefficient (Wildman–Crippen LogP) is 3.11. The first-order valence-electron chi connectivity index (χ1n) is 6.52. The van der Waals surface area contributed by atoms with Gasteiger partial charge >= 0.3 is 5.97 Å². The van der Waals surface area contributed by atoms with E-state index < -0.39 is 5.97 Å². The number of fused-ring (bicyclic) bond motifs is 1. The van der Waals surface area contributed by atoms with Gasteiger partial charge in [0.25, 0.3) is 0 Å². The lowest BCUT2D eigenvalue weighted by atomic mass is 9.88. The summed E-state index contributed by atoms with van der Waals surface area (Å²) in [5.41, 5.74) is 4.42. The molecule has 1 heterocycles. The standard InChI is InChI=1S/C17H15NO2/c1-11-6-8-12(9-7-11)16-14-5-3-2-4-13(14)15(10-18-16)17(19)20/h2-10,16,18H,1H3,(H,19,20). The molecule has 2 aromatic carbocycles. The average molecular weight is 265 g/mol. The highest BCUT2D eigenvalue weighted by molar-refractivity contribution is 6.16. The fourth-order valence-corrected chi connectivity index (χ4v) is 2.54. The Hall–Kier alpha value is -2.55. The lowest BCUT2D eigenvalue weighted by Crippen LogP contribution is -2.24. The Kier molecular flexibility index (Phi) is 3.03. The van der Waals surface area contributed by atoms with E-state index in [-0.39, 0.29) is 6.04 Å². The largest absolute Gasteiger partial charge is 0.478 e. The molecule has 3 nitrogen and oxygen atoms in total. The molecule has 1 unspecified atom stereocenters. The number of nitrogens with one attached hydrogen (secondary N) is 1. The lowest BCUT2D eigenvalue weighted by Gasteiger charge is -2.26. The molecule has 0 aliphatic carbocycles. The minimum absolute atomic E-state index is 0.00472. The summed E-state index contributed by atoms with van der Waals surface area (Å²) in [6.45, 7) is 2.05. The molecule has 1 aliphatic heterocycles. The van der Waals surface area contributed by atoms with Gasteiger partial charge in [-0.3, -0.25) is 0 Å². The second-order valence-electron chi connectivity index (χ2n) is 4.96. The molecule has 3 heteroatoms. The van der Waals surface area contributed by atoms with Crippen molar-refractivity contribution >= 4 is 11.5 Å². The Morgan fingerprint density at radius 1 is 1.10 bits per heavy atom. The number of hydrogen-bond acceptors (Lipinski definition) is 2. The molecule has 1 atom stereocenters. The zero-order valence-corrected chi connectivity index (χ0v) is 11.1. The van der Waals surface area contributed by atoms with Gasteiger partial charge < -0.3 is 10.4 Å². The van der Waals surface area contributed by atoms with Gasteiger partial charge in [0.2, 0.25) is 0 Å². The molecular weight excluding hydrogens is 250 g/mol. The second kappa shape index (κ2) is 4.85. The molecule has 20 heavy (non-hydrogen) atoms. The number of aryl methyl sites for hydroxylation is 1. The topological polar surface area (TPSA) is 49.3 Å². The van der Waals surface area contributed by atoms with E-state index in [1.807, 2.05) is 24.3 Å². The van der Waals surface area contributed by atoms with E-state index >= 15 is 0 Å². The third-order valence-corrected chi connectivity index (χ3v) is 3.60. The van der Waals surface area contributed by atoms with E-state index in [1.165, 1.54) is 5.56 Å². The SMILES string of the molecule is Cc1ccc(C2NC=C(C(=O)O)c3ccccc32)cc1. The Balaban J connectivity index is 2.09. The van der Waals surface area contributed by atoms with E-state index in [0.717, 1.165) is 16.7 Å². The van der Waals surface area contributed by atoms with Crippen LogP contribution in [0.15, 0.2) is 54.7 Å². The highest BCUT2D eigenvalue weighted by atomic mass is 16.4. The number of carboxylic acids is 1. The first-order chi connectivity index (χ1) is 9.66. The predicted molar refractivity (Wildman–Crippen MR) is 78.2 cm³/mol. The summed E-state index contributed by atoms with van der Waals surface area (Å²) in [6, 6.07) is 15.9. The van der Waals surface area contributed by atoms with Crippen LogP contribution in [0.3, 0.4) is 0 Å². The summed E-state index contributed by atoms with van der Waals surface area (Å²) in [4.78, 5) is 11.3. The number of carboxylic acid groups (broad SMARTS) is 1. The van der Waals surface area contributed by atoms with Crippen molar-refractivity contribution in [2.24, 2.45) is 0 Å². The smallest absolute Gasteiger partial charge is 0.337 e. The molecule has 0 saturated carbocycles. The number of rotatable bonds is 2. The van der Waals surface area contributed by atoms with Gasteiger partial charge in [-0.25, -0.2) is 4.79 Å². The molecule has 0 aromatic heterocycles. The van der Waals surface area contributed by atoms with Crippen LogP contribution in [-0.4, -0.2) is 11.1 Å². The minimum atomic E-state index is -0.910. The van der Waals surface area contributed by atoms with Crippen LogP contribution in [0.2, 0.25) is 0 Å². The van der Waals surface area contributed by atoms with Crippen molar-refractivity contribution in [1.82, 2.24) is 5.32 Å². The lowest BCUT2D eigenvalue weighted by molar-refractivity contribution is -0.130. The van der Waals surface area contributed by atoms with E-state index in [1.54, 1.807) is 6.20 Å². The van der Waals surface area contributed by atoms with Crippen molar-refractivity contribution in [3.63, 3.8) is 0 Å². The summed E-state index contributed by atoms with van der Waals surface area (Å²) < 4.78 is 0. The fourth-order valence-electron chi connectivity index (χ4n) is 2.54. The number of carbonyl (C=O) groups is 1. The Labute approximate surface area is 117 Å². The van der Waals surface area contributed by atoms with Crippen molar-refractivity contribution in [3.8, 4) is 0 Å². The molecule has 100 valence electrons. The van der Waals surface area contributed by atoms with E-state index in [9.17, 15) is 9.90 Å². The number of aliphatic carboxylic acids is 1. The van der Waals surface area contributed by atoms with Crippen LogP contribution in [0.1, 0.15) is 28.3 Å². The second-order valence-corrected chi connectivity index (χ2v) is 4.96. The van der Waals surface area contributed by atoms with Gasteiger partial charge in [-0.1, -0.05) is 54.1 Å². The Morgan fingerprint density at radius 2 is 1.80 bits per heavy atom. The first kappa shape index (κ1) is 12.5. The first-order valence-corrected chi connectivity index (χ1v) is 6.52. The Morgan fingerprint density at radius 3 is 2.50 bits per heavy atom.